The van der Waals surface area contributed by atoms with E-state index in [4.69, 9.17) is 9.57 Å². The smallest absolute Gasteiger partial charge is 0.331 e. The van der Waals surface area contributed by atoms with E-state index in [9.17, 15) is 19.5 Å². The number of aromatic nitrogens is 1. The maximum Gasteiger partial charge on any atom is 0.331 e. The summed E-state index contributed by atoms with van der Waals surface area (Å²) in [6.45, 7) is 5.19. The number of carboxylic acids is 1. The fourth-order valence-corrected chi connectivity index (χ4v) is 2.13. The minimum absolute atomic E-state index is 0.0490. The molecule has 0 aliphatic heterocycles. The zero-order chi connectivity index (χ0) is 18.2. The van der Waals surface area contributed by atoms with Gasteiger partial charge in [-0.05, 0) is 26.8 Å². The molecule has 0 aromatic carbocycles. The third-order valence-corrected chi connectivity index (χ3v) is 3.08. The first-order chi connectivity index (χ1) is 11.2. The lowest BCUT2D eigenvalue weighted by Gasteiger charge is -2.17. The fraction of sp³-hybridized carbons (Fsp3) is 0.429. The number of hydroxylamine groups is 1. The second kappa shape index (κ2) is 9.11. The predicted octanol–water partition coefficient (Wildman–Crippen LogP) is 1.26. The average molecular weight is 357 g/mol. The number of carbonyl (C=O) groups excluding carboxylic acids is 2. The van der Waals surface area contributed by atoms with Gasteiger partial charge >= 0.3 is 11.9 Å². The average Bonchev–Trinajstić information content (AvgIpc) is 2.89. The molecule has 0 saturated heterocycles. The van der Waals surface area contributed by atoms with Gasteiger partial charge in [0.2, 0.25) is 6.41 Å². The van der Waals surface area contributed by atoms with Gasteiger partial charge < -0.3 is 15.2 Å². The van der Waals surface area contributed by atoms with E-state index in [2.05, 4.69) is 15.8 Å². The van der Waals surface area contributed by atoms with Crippen molar-refractivity contribution in [3.8, 4) is 0 Å². The molecule has 1 heterocycles. The summed E-state index contributed by atoms with van der Waals surface area (Å²) in [6, 6.07) is -1.21. The summed E-state index contributed by atoms with van der Waals surface area (Å²) in [7, 11) is 0. The van der Waals surface area contributed by atoms with E-state index >= 15 is 0 Å². The number of ether oxygens (including phenoxy) is 1. The van der Waals surface area contributed by atoms with Crippen LogP contribution in [-0.2, 0) is 24.0 Å². The van der Waals surface area contributed by atoms with Crippen molar-refractivity contribution in [2.75, 3.05) is 11.9 Å². The van der Waals surface area contributed by atoms with Crippen LogP contribution in [0.15, 0.2) is 17.5 Å². The summed E-state index contributed by atoms with van der Waals surface area (Å²) < 4.78 is 5.06. The lowest BCUT2D eigenvalue weighted by Crippen LogP contribution is -2.29. The molecule has 3 N–H and O–H groups in total. The van der Waals surface area contributed by atoms with Crippen molar-refractivity contribution in [2.24, 2.45) is 0 Å². The Bertz CT molecular complexity index is 608. The monoisotopic (exact) mass is 357 g/mol. The van der Waals surface area contributed by atoms with Crippen LogP contribution in [0, 0.1) is 0 Å². The molecular formula is C14H19N3O6S. The van der Waals surface area contributed by atoms with Crippen molar-refractivity contribution >= 4 is 34.8 Å². The number of aliphatic carboxylic acids is 1. The normalized spacial score (nSPS) is 12.8. The third-order valence-electron chi connectivity index (χ3n) is 2.29. The molecule has 0 bridgehead atoms. The topological polar surface area (TPSA) is 127 Å². The number of amides is 1. The van der Waals surface area contributed by atoms with Gasteiger partial charge in [-0.15, -0.1) is 11.3 Å². The highest BCUT2D eigenvalue weighted by Gasteiger charge is 2.23. The highest BCUT2D eigenvalue weighted by molar-refractivity contribution is 7.13. The molecule has 1 unspecified atom stereocenters. The van der Waals surface area contributed by atoms with Crippen molar-refractivity contribution in [1.82, 2.24) is 10.5 Å². The number of carbonyl (C=O) groups is 3. The number of carboxylic acid groups (broad SMARTS) is 1. The van der Waals surface area contributed by atoms with Crippen molar-refractivity contribution in [3.63, 3.8) is 0 Å². The second-order valence-corrected chi connectivity index (χ2v) is 6.33. The number of rotatable bonds is 9. The van der Waals surface area contributed by atoms with Gasteiger partial charge in [-0.2, -0.15) is 5.48 Å². The van der Waals surface area contributed by atoms with Crippen LogP contribution in [0.25, 0.3) is 0 Å². The Morgan fingerprint density at radius 1 is 1.46 bits per heavy atom. The Hall–Kier alpha value is -2.30. The second-order valence-electron chi connectivity index (χ2n) is 5.48. The Kier molecular flexibility index (Phi) is 7.49. The molecule has 0 aliphatic rings. The minimum Gasteiger partial charge on any atom is -0.480 e. The number of nitrogens with one attached hydrogen (secondary N) is 2. The molecule has 9 nitrogen and oxygen atoms in total. The number of thiazole rings is 1. The number of esters is 1. The molecule has 0 radical (unpaired) electrons. The molecule has 0 spiro atoms. The van der Waals surface area contributed by atoms with Gasteiger partial charge in [0.1, 0.15) is 5.60 Å². The molecule has 1 rings (SSSR count). The quantitative estimate of drug-likeness (QED) is 0.198. The highest BCUT2D eigenvalue weighted by Crippen LogP contribution is 2.20. The van der Waals surface area contributed by atoms with E-state index in [-0.39, 0.29) is 17.4 Å². The molecule has 0 fully saturated rings. The molecular weight excluding hydrogens is 338 g/mol. The first-order valence-electron chi connectivity index (χ1n) is 6.88. The zero-order valence-electron chi connectivity index (χ0n) is 13.4. The minimum atomic E-state index is -1.21. The van der Waals surface area contributed by atoms with E-state index in [1.165, 1.54) is 17.5 Å². The Labute approximate surface area is 142 Å². The van der Waals surface area contributed by atoms with Crippen molar-refractivity contribution in [1.29, 1.82) is 0 Å². The van der Waals surface area contributed by atoms with Crippen LogP contribution in [0.3, 0.4) is 0 Å². The van der Waals surface area contributed by atoms with Crippen LogP contribution in [-0.4, -0.2) is 40.6 Å². The number of nitrogens with zero attached hydrogens (tertiary/aromatic N) is 1. The molecule has 1 atom stereocenters. The molecule has 0 aliphatic carbocycles. The SMILES string of the molecule is CC(C)(C)OC(=O)C=CCONC(C(=O)O)c1csc(NC=O)n1. The summed E-state index contributed by atoms with van der Waals surface area (Å²) in [5.41, 5.74) is 1.94. The Morgan fingerprint density at radius 3 is 2.75 bits per heavy atom. The van der Waals surface area contributed by atoms with Gasteiger partial charge in [0.05, 0.1) is 12.3 Å². The Balaban J connectivity index is 2.48. The number of hydrogen-bond donors (Lipinski definition) is 3. The zero-order valence-corrected chi connectivity index (χ0v) is 14.3. The van der Waals surface area contributed by atoms with Crippen molar-refractivity contribution < 1.29 is 29.1 Å². The molecule has 1 aromatic rings. The van der Waals surface area contributed by atoms with E-state index in [1.54, 1.807) is 20.8 Å². The van der Waals surface area contributed by atoms with Gasteiger partial charge in [-0.1, -0.05) is 0 Å². The van der Waals surface area contributed by atoms with E-state index < -0.39 is 23.6 Å². The molecule has 132 valence electrons. The molecule has 10 heteroatoms. The summed E-state index contributed by atoms with van der Waals surface area (Å²) in [6.07, 6.45) is 3.03. The lowest BCUT2D eigenvalue weighted by atomic mass is 10.2. The summed E-state index contributed by atoms with van der Waals surface area (Å²) in [4.78, 5) is 41.9. The fourth-order valence-electron chi connectivity index (χ4n) is 1.43. The lowest BCUT2D eigenvalue weighted by molar-refractivity contribution is -0.149. The number of anilines is 1. The number of hydrogen-bond acceptors (Lipinski definition) is 8. The van der Waals surface area contributed by atoms with Gasteiger partial charge in [0.15, 0.2) is 11.2 Å². The van der Waals surface area contributed by atoms with E-state index in [0.29, 0.717) is 6.41 Å². The third kappa shape index (κ3) is 7.31. The van der Waals surface area contributed by atoms with Gasteiger partial charge in [0, 0.05) is 11.5 Å². The van der Waals surface area contributed by atoms with Gasteiger partial charge in [0.25, 0.3) is 0 Å². The van der Waals surface area contributed by atoms with Crippen LogP contribution >= 0.6 is 11.3 Å². The van der Waals surface area contributed by atoms with Gasteiger partial charge in [-0.3, -0.25) is 14.4 Å². The van der Waals surface area contributed by atoms with E-state index in [1.807, 2.05) is 0 Å². The summed E-state index contributed by atoms with van der Waals surface area (Å²) in [5, 5.41) is 13.3. The molecule has 24 heavy (non-hydrogen) atoms. The van der Waals surface area contributed by atoms with Crippen LogP contribution in [0.2, 0.25) is 0 Å². The standard InChI is InChI=1S/C14H19N3O6S/c1-14(2,3)23-10(19)5-4-6-22-17-11(12(20)21)9-7-24-13(16-9)15-8-18/h4-5,7-8,11,17H,6H2,1-3H3,(H,20,21)(H,15,16,18). The Morgan fingerprint density at radius 2 is 2.17 bits per heavy atom. The van der Waals surface area contributed by atoms with Crippen molar-refractivity contribution in [3.05, 3.63) is 23.2 Å². The first kappa shape index (κ1) is 19.7. The predicted molar refractivity (Wildman–Crippen MR) is 86.3 cm³/mol. The van der Waals surface area contributed by atoms with Gasteiger partial charge in [-0.25, -0.2) is 9.78 Å². The van der Waals surface area contributed by atoms with Crippen LogP contribution in [0.4, 0.5) is 5.13 Å². The van der Waals surface area contributed by atoms with Crippen LogP contribution < -0.4 is 10.8 Å². The first-order valence-corrected chi connectivity index (χ1v) is 7.76. The summed E-state index contributed by atoms with van der Waals surface area (Å²) in [5.74, 6) is -1.72. The maximum atomic E-state index is 11.4. The van der Waals surface area contributed by atoms with Crippen molar-refractivity contribution in [2.45, 2.75) is 32.4 Å². The summed E-state index contributed by atoms with van der Waals surface area (Å²) >= 11 is 1.09. The van der Waals surface area contributed by atoms with Crippen LogP contribution in [0.5, 0.6) is 0 Å². The van der Waals surface area contributed by atoms with E-state index in [0.717, 1.165) is 11.3 Å². The maximum absolute atomic E-state index is 11.4. The molecule has 1 amide bonds. The van der Waals surface area contributed by atoms with Crippen LogP contribution in [0.1, 0.15) is 32.5 Å². The molecule has 0 saturated carbocycles. The largest absolute Gasteiger partial charge is 0.480 e. The molecule has 1 aromatic heterocycles. The highest BCUT2D eigenvalue weighted by atomic mass is 32.1.